The lowest BCUT2D eigenvalue weighted by Gasteiger charge is -1.92. The second-order valence-electron chi connectivity index (χ2n) is 1.82. The Morgan fingerprint density at radius 3 is 2.17 bits per heavy atom. The third-order valence-electron chi connectivity index (χ3n) is 1.13. The first-order valence-corrected chi connectivity index (χ1v) is 3.70. The van der Waals surface area contributed by atoms with Gasteiger partial charge in [0.1, 0.15) is 5.69 Å². The molecule has 0 heterocycles. The van der Waals surface area contributed by atoms with Crippen LogP contribution in [0.4, 0.5) is 11.4 Å². The van der Waals surface area contributed by atoms with Crippen molar-refractivity contribution in [3.8, 4) is 0 Å². The molecule has 0 aliphatic rings. The number of hydrogen-bond acceptors (Lipinski definition) is 3. The van der Waals surface area contributed by atoms with Gasteiger partial charge in [-0.25, -0.2) is 0 Å². The van der Waals surface area contributed by atoms with Crippen LogP contribution in [0.25, 0.3) is 0 Å². The fraction of sp³-hybridized carbons (Fsp3) is 0.250. The Labute approximate surface area is 71.2 Å². The maximum Gasteiger partial charge on any atom is 0.292 e. The number of nitrogens with two attached hydrogens (primary N) is 1. The summed E-state index contributed by atoms with van der Waals surface area (Å²) in [6, 6.07) is 6.10. The predicted octanol–water partition coefficient (Wildman–Crippen LogP) is 2.20. The van der Waals surface area contributed by atoms with Gasteiger partial charge in [-0.15, -0.1) is 0 Å². The minimum absolute atomic E-state index is 0.0394. The summed E-state index contributed by atoms with van der Waals surface area (Å²) in [4.78, 5) is 9.64. The van der Waals surface area contributed by atoms with Crippen LogP contribution in [-0.4, -0.2) is 4.92 Å². The van der Waals surface area contributed by atoms with Crippen molar-refractivity contribution in [1.82, 2.24) is 0 Å². The molecule has 1 aromatic carbocycles. The molecule has 0 aliphatic heterocycles. The number of benzene rings is 1. The molecule has 2 N–H and O–H groups in total. The molecule has 0 fully saturated rings. The van der Waals surface area contributed by atoms with E-state index in [9.17, 15) is 10.1 Å². The molecule has 66 valence electrons. The summed E-state index contributed by atoms with van der Waals surface area (Å²) in [5, 5.41) is 10.1. The van der Waals surface area contributed by atoms with E-state index in [0.29, 0.717) is 0 Å². The van der Waals surface area contributed by atoms with Crippen LogP contribution in [0.3, 0.4) is 0 Å². The van der Waals surface area contributed by atoms with Crippen LogP contribution in [0.15, 0.2) is 24.3 Å². The van der Waals surface area contributed by atoms with Gasteiger partial charge in [-0.05, 0) is 6.07 Å². The monoisotopic (exact) mass is 168 g/mol. The van der Waals surface area contributed by atoms with Crippen molar-refractivity contribution in [3.05, 3.63) is 34.4 Å². The number of nitrogens with zero attached hydrogens (tertiary/aromatic N) is 1. The third-order valence-corrected chi connectivity index (χ3v) is 1.13. The minimum atomic E-state index is -0.505. The van der Waals surface area contributed by atoms with Crippen LogP contribution < -0.4 is 5.73 Å². The average molecular weight is 168 g/mol. The maximum absolute atomic E-state index is 10.1. The fourth-order valence-corrected chi connectivity index (χ4v) is 0.654. The highest BCUT2D eigenvalue weighted by atomic mass is 16.6. The van der Waals surface area contributed by atoms with E-state index < -0.39 is 4.92 Å². The molecule has 0 spiro atoms. The molecule has 1 rings (SSSR count). The number of nitro benzene ring substituents is 1. The third kappa shape index (κ3) is 2.57. The molecule has 0 atom stereocenters. The molecule has 12 heavy (non-hydrogen) atoms. The Morgan fingerprint density at radius 2 is 1.83 bits per heavy atom. The Bertz CT molecular complexity index is 261. The van der Waals surface area contributed by atoms with E-state index in [2.05, 4.69) is 0 Å². The molecule has 4 heteroatoms. The van der Waals surface area contributed by atoms with Gasteiger partial charge in [-0.1, -0.05) is 26.0 Å². The zero-order valence-electron chi connectivity index (χ0n) is 7.15. The van der Waals surface area contributed by atoms with Crippen molar-refractivity contribution in [2.24, 2.45) is 0 Å². The lowest BCUT2D eigenvalue weighted by Crippen LogP contribution is -1.93. The summed E-state index contributed by atoms with van der Waals surface area (Å²) < 4.78 is 0. The SMILES string of the molecule is CC.Nc1ccccc1[N+](=O)[O-]. The average Bonchev–Trinajstić information content (AvgIpc) is 2.08. The highest BCUT2D eigenvalue weighted by Gasteiger charge is 2.07. The van der Waals surface area contributed by atoms with E-state index in [-0.39, 0.29) is 11.4 Å². The van der Waals surface area contributed by atoms with Gasteiger partial charge in [-0.2, -0.15) is 0 Å². The van der Waals surface area contributed by atoms with Crippen molar-refractivity contribution in [2.45, 2.75) is 13.8 Å². The molecule has 0 aliphatic carbocycles. The first-order chi connectivity index (χ1) is 5.72. The van der Waals surface area contributed by atoms with Gasteiger partial charge in [0, 0.05) is 6.07 Å². The van der Waals surface area contributed by atoms with E-state index in [0.717, 1.165) is 0 Å². The van der Waals surface area contributed by atoms with Crippen molar-refractivity contribution >= 4 is 11.4 Å². The van der Waals surface area contributed by atoms with E-state index >= 15 is 0 Å². The van der Waals surface area contributed by atoms with E-state index in [1.54, 1.807) is 12.1 Å². The topological polar surface area (TPSA) is 69.2 Å². The first kappa shape index (κ1) is 10.4. The normalized spacial score (nSPS) is 8.17. The largest absolute Gasteiger partial charge is 0.393 e. The first-order valence-electron chi connectivity index (χ1n) is 3.70. The number of hydrogen-bond donors (Lipinski definition) is 1. The maximum atomic E-state index is 10.1. The Hall–Kier alpha value is -1.58. The molecule has 4 nitrogen and oxygen atoms in total. The van der Waals surface area contributed by atoms with E-state index in [4.69, 9.17) is 5.73 Å². The second kappa shape index (κ2) is 5.12. The predicted molar refractivity (Wildman–Crippen MR) is 48.9 cm³/mol. The smallest absolute Gasteiger partial charge is 0.292 e. The quantitative estimate of drug-likeness (QED) is 0.397. The van der Waals surface area contributed by atoms with Gasteiger partial charge in [0.05, 0.1) is 4.92 Å². The zero-order valence-corrected chi connectivity index (χ0v) is 7.15. The van der Waals surface area contributed by atoms with Gasteiger partial charge in [0.2, 0.25) is 0 Å². The number of nitro groups is 1. The van der Waals surface area contributed by atoms with Crippen LogP contribution in [0.2, 0.25) is 0 Å². The number of rotatable bonds is 1. The van der Waals surface area contributed by atoms with Gasteiger partial charge in [0.15, 0.2) is 0 Å². The van der Waals surface area contributed by atoms with Crippen LogP contribution in [0.5, 0.6) is 0 Å². The van der Waals surface area contributed by atoms with Crippen LogP contribution in [0.1, 0.15) is 13.8 Å². The molecule has 0 saturated heterocycles. The molecular weight excluding hydrogens is 156 g/mol. The summed E-state index contributed by atoms with van der Waals surface area (Å²) in [7, 11) is 0. The summed E-state index contributed by atoms with van der Waals surface area (Å²) >= 11 is 0. The summed E-state index contributed by atoms with van der Waals surface area (Å²) in [6.07, 6.45) is 0. The van der Waals surface area contributed by atoms with Gasteiger partial charge in [-0.3, -0.25) is 10.1 Å². The van der Waals surface area contributed by atoms with Crippen LogP contribution in [0, 0.1) is 10.1 Å². The van der Waals surface area contributed by atoms with Crippen molar-refractivity contribution in [3.63, 3.8) is 0 Å². The summed E-state index contributed by atoms with van der Waals surface area (Å²) in [5.41, 5.74) is 5.44. The van der Waals surface area contributed by atoms with E-state index in [1.807, 2.05) is 13.8 Å². The number of anilines is 1. The lowest BCUT2D eigenvalue weighted by molar-refractivity contribution is -0.383. The fourth-order valence-electron chi connectivity index (χ4n) is 0.654. The molecule has 0 unspecified atom stereocenters. The number of para-hydroxylation sites is 2. The van der Waals surface area contributed by atoms with Crippen LogP contribution in [-0.2, 0) is 0 Å². The Balaban J connectivity index is 0.000000561. The standard InChI is InChI=1S/C6H6N2O2.C2H6/c7-5-3-1-2-4-6(5)8(9)10;1-2/h1-4H,7H2;1-2H3. The van der Waals surface area contributed by atoms with Gasteiger partial charge >= 0.3 is 0 Å². The van der Waals surface area contributed by atoms with Crippen molar-refractivity contribution in [1.29, 1.82) is 0 Å². The Kier molecular flexibility index (Phi) is 4.45. The summed E-state index contributed by atoms with van der Waals surface area (Å²) in [5.74, 6) is 0. The Morgan fingerprint density at radius 1 is 1.33 bits per heavy atom. The number of nitrogen functional groups attached to an aromatic ring is 1. The van der Waals surface area contributed by atoms with Gasteiger partial charge < -0.3 is 5.73 Å². The van der Waals surface area contributed by atoms with E-state index in [1.165, 1.54) is 12.1 Å². The molecular formula is C8H12N2O2. The zero-order chi connectivity index (χ0) is 9.56. The molecule has 0 aromatic heterocycles. The molecule has 0 radical (unpaired) electrons. The molecule has 1 aromatic rings. The summed E-state index contributed by atoms with van der Waals surface area (Å²) in [6.45, 7) is 4.00. The molecule has 0 saturated carbocycles. The second-order valence-corrected chi connectivity index (χ2v) is 1.82. The molecule has 0 amide bonds. The minimum Gasteiger partial charge on any atom is -0.393 e. The highest BCUT2D eigenvalue weighted by molar-refractivity contribution is 5.57. The lowest BCUT2D eigenvalue weighted by atomic mass is 10.3. The van der Waals surface area contributed by atoms with Crippen molar-refractivity contribution < 1.29 is 4.92 Å². The van der Waals surface area contributed by atoms with Gasteiger partial charge in [0.25, 0.3) is 5.69 Å². The molecule has 0 bridgehead atoms. The van der Waals surface area contributed by atoms with Crippen LogP contribution >= 0.6 is 0 Å². The highest BCUT2D eigenvalue weighted by Crippen LogP contribution is 2.18. The van der Waals surface area contributed by atoms with Crippen molar-refractivity contribution in [2.75, 3.05) is 5.73 Å².